The Kier molecular flexibility index (Phi) is 5.63. The van der Waals surface area contributed by atoms with E-state index < -0.39 is 0 Å². The molecule has 1 fully saturated rings. The van der Waals surface area contributed by atoms with E-state index in [1.807, 2.05) is 35.9 Å². The summed E-state index contributed by atoms with van der Waals surface area (Å²) in [5.74, 6) is 0.429. The van der Waals surface area contributed by atoms with E-state index in [4.69, 9.17) is 16.3 Å². The van der Waals surface area contributed by atoms with Gasteiger partial charge in [-0.2, -0.15) is 5.10 Å². The van der Waals surface area contributed by atoms with Gasteiger partial charge in [-0.05, 0) is 62.6 Å². The molecule has 5 rings (SSSR count). The largest absolute Gasteiger partial charge is 0.356 e. The molecule has 4 heterocycles. The van der Waals surface area contributed by atoms with Crippen molar-refractivity contribution in [2.24, 2.45) is 0 Å². The van der Waals surface area contributed by atoms with E-state index >= 15 is 0 Å². The normalized spacial score (nSPS) is 17.4. The lowest BCUT2D eigenvalue weighted by Crippen LogP contribution is -2.21. The summed E-state index contributed by atoms with van der Waals surface area (Å²) in [5, 5.41) is 9.18. The molecule has 32 heavy (non-hydrogen) atoms. The van der Waals surface area contributed by atoms with Crippen LogP contribution in [0, 0.1) is 0 Å². The lowest BCUT2D eigenvalue weighted by Gasteiger charge is -2.24. The lowest BCUT2D eigenvalue weighted by molar-refractivity contribution is -0.0384. The van der Waals surface area contributed by atoms with Crippen LogP contribution in [0.5, 0.6) is 0 Å². The van der Waals surface area contributed by atoms with Crippen molar-refractivity contribution >= 4 is 28.5 Å². The first-order valence-corrected chi connectivity index (χ1v) is 11.0. The van der Waals surface area contributed by atoms with Gasteiger partial charge in [0.2, 0.25) is 5.95 Å². The first kappa shape index (κ1) is 20.7. The summed E-state index contributed by atoms with van der Waals surface area (Å²) in [6.07, 6.45) is 6.49. The summed E-state index contributed by atoms with van der Waals surface area (Å²) in [7, 11) is 0. The van der Waals surface area contributed by atoms with Crippen LogP contribution in [0.1, 0.15) is 44.0 Å². The number of benzene rings is 1. The van der Waals surface area contributed by atoms with Gasteiger partial charge in [0.25, 0.3) is 5.56 Å². The van der Waals surface area contributed by atoms with Gasteiger partial charge in [0.1, 0.15) is 0 Å². The first-order chi connectivity index (χ1) is 15.6. The Morgan fingerprint density at radius 1 is 1.22 bits per heavy atom. The van der Waals surface area contributed by atoms with E-state index in [0.29, 0.717) is 16.5 Å². The van der Waals surface area contributed by atoms with E-state index in [-0.39, 0.29) is 17.8 Å². The predicted molar refractivity (Wildman–Crippen MR) is 124 cm³/mol. The number of nitrogens with one attached hydrogen (secondary N) is 2. The summed E-state index contributed by atoms with van der Waals surface area (Å²) in [6, 6.07) is 10.7. The molecule has 9 heteroatoms. The highest BCUT2D eigenvalue weighted by atomic mass is 35.5. The summed E-state index contributed by atoms with van der Waals surface area (Å²) >= 11 is 6.11. The molecule has 2 N–H and O–H groups in total. The lowest BCUT2D eigenvalue weighted by atomic mass is 10.1. The highest BCUT2D eigenvalue weighted by molar-refractivity contribution is 6.31. The maximum atomic E-state index is 12.6. The van der Waals surface area contributed by atoms with Crippen LogP contribution in [0.15, 0.2) is 53.6 Å². The number of hydrogen-bond donors (Lipinski definition) is 2. The van der Waals surface area contributed by atoms with Crippen molar-refractivity contribution in [3.63, 3.8) is 0 Å². The minimum atomic E-state index is -0.316. The zero-order valence-corrected chi connectivity index (χ0v) is 18.3. The van der Waals surface area contributed by atoms with Crippen molar-refractivity contribution in [1.29, 1.82) is 0 Å². The monoisotopic (exact) mass is 450 g/mol. The van der Waals surface area contributed by atoms with Crippen LogP contribution < -0.4 is 10.9 Å². The Morgan fingerprint density at radius 2 is 2.12 bits per heavy atom. The molecule has 1 aliphatic heterocycles. The Bertz CT molecular complexity index is 1310. The predicted octanol–water partition coefficient (Wildman–Crippen LogP) is 4.71. The van der Waals surface area contributed by atoms with Crippen LogP contribution in [0.25, 0.3) is 22.3 Å². The van der Waals surface area contributed by atoms with Crippen LogP contribution in [-0.2, 0) is 4.74 Å². The second-order valence-electron chi connectivity index (χ2n) is 7.90. The summed E-state index contributed by atoms with van der Waals surface area (Å²) in [5.41, 5.74) is 2.76. The molecule has 1 aromatic carbocycles. The van der Waals surface area contributed by atoms with Gasteiger partial charge in [0, 0.05) is 40.5 Å². The van der Waals surface area contributed by atoms with E-state index in [2.05, 4.69) is 25.4 Å². The SMILES string of the molecule is C[C@H](Nc1nccc(-c2ccnn2C2CCCCO2)n1)c1cc2cc(Cl)ccc2[nH]c1=O. The third-order valence-corrected chi connectivity index (χ3v) is 5.90. The Hall–Kier alpha value is -3.23. The highest BCUT2D eigenvalue weighted by Gasteiger charge is 2.20. The first-order valence-electron chi connectivity index (χ1n) is 10.7. The van der Waals surface area contributed by atoms with Crippen LogP contribution in [0.2, 0.25) is 5.02 Å². The maximum Gasteiger partial charge on any atom is 0.253 e. The van der Waals surface area contributed by atoms with E-state index in [1.165, 1.54) is 0 Å². The fraction of sp³-hybridized carbons (Fsp3) is 0.304. The minimum absolute atomic E-state index is 0.0815. The highest BCUT2D eigenvalue weighted by Crippen LogP contribution is 2.28. The molecule has 8 nitrogen and oxygen atoms in total. The number of pyridine rings is 1. The molecular weight excluding hydrogens is 428 g/mol. The number of halogens is 1. The van der Waals surface area contributed by atoms with Gasteiger partial charge >= 0.3 is 0 Å². The van der Waals surface area contributed by atoms with Crippen LogP contribution in [0.4, 0.5) is 5.95 Å². The molecule has 1 aliphatic rings. The average molecular weight is 451 g/mol. The Morgan fingerprint density at radius 3 is 2.97 bits per heavy atom. The van der Waals surface area contributed by atoms with E-state index in [9.17, 15) is 4.79 Å². The van der Waals surface area contributed by atoms with Gasteiger partial charge < -0.3 is 15.0 Å². The molecule has 0 radical (unpaired) electrons. The molecule has 1 saturated heterocycles. The number of hydrogen-bond acceptors (Lipinski definition) is 6. The van der Waals surface area contributed by atoms with Gasteiger partial charge in [-0.15, -0.1) is 0 Å². The average Bonchev–Trinajstić information content (AvgIpc) is 3.30. The molecule has 4 aromatic rings. The molecule has 164 valence electrons. The number of H-pyrrole nitrogens is 1. The van der Waals surface area contributed by atoms with Crippen molar-refractivity contribution in [3.05, 3.63) is 69.7 Å². The van der Waals surface area contributed by atoms with Crippen molar-refractivity contribution in [1.82, 2.24) is 24.7 Å². The molecule has 2 atom stereocenters. The second-order valence-corrected chi connectivity index (χ2v) is 8.34. The minimum Gasteiger partial charge on any atom is -0.356 e. The van der Waals surface area contributed by atoms with Gasteiger partial charge in [-0.1, -0.05) is 11.6 Å². The number of nitrogens with zero attached hydrogens (tertiary/aromatic N) is 4. The number of aromatic amines is 1. The van der Waals surface area contributed by atoms with Gasteiger partial charge in [-0.3, -0.25) is 4.79 Å². The van der Waals surface area contributed by atoms with Gasteiger partial charge in [-0.25, -0.2) is 14.6 Å². The van der Waals surface area contributed by atoms with Crippen LogP contribution in [0.3, 0.4) is 0 Å². The molecule has 0 aliphatic carbocycles. The van der Waals surface area contributed by atoms with Crippen molar-refractivity contribution in [2.45, 2.75) is 38.5 Å². The number of anilines is 1. The number of aromatic nitrogens is 5. The van der Waals surface area contributed by atoms with Crippen LogP contribution >= 0.6 is 11.6 Å². The van der Waals surface area contributed by atoms with Gasteiger partial charge in [0.05, 0.1) is 17.4 Å². The third kappa shape index (κ3) is 4.11. The van der Waals surface area contributed by atoms with Crippen molar-refractivity contribution in [2.75, 3.05) is 11.9 Å². The number of fused-ring (bicyclic) bond motifs is 1. The molecule has 1 unspecified atom stereocenters. The summed E-state index contributed by atoms with van der Waals surface area (Å²) < 4.78 is 7.77. The molecule has 0 bridgehead atoms. The summed E-state index contributed by atoms with van der Waals surface area (Å²) in [6.45, 7) is 2.64. The number of rotatable bonds is 5. The molecular formula is C23H23ClN6O2. The molecule has 0 spiro atoms. The maximum absolute atomic E-state index is 12.6. The third-order valence-electron chi connectivity index (χ3n) is 5.66. The fourth-order valence-corrected chi connectivity index (χ4v) is 4.20. The standard InChI is InChI=1S/C23H23ClN6O2/c1-14(17-13-15-12-16(24)5-6-18(15)28-22(17)31)27-23-25-9-7-19(29-23)20-8-10-26-30(20)21-4-2-3-11-32-21/h5-10,12-14,21H,2-4,11H2,1H3,(H,28,31)(H,25,27,29)/t14-,21?/m0/s1. The Balaban J connectivity index is 1.41. The zero-order chi connectivity index (χ0) is 22.1. The van der Waals surface area contributed by atoms with Gasteiger partial charge in [0.15, 0.2) is 6.23 Å². The van der Waals surface area contributed by atoms with E-state index in [0.717, 1.165) is 48.2 Å². The molecule has 0 saturated carbocycles. The topological polar surface area (TPSA) is 97.7 Å². The van der Waals surface area contributed by atoms with Crippen molar-refractivity contribution < 1.29 is 4.74 Å². The molecule has 3 aromatic heterocycles. The van der Waals surface area contributed by atoms with Crippen molar-refractivity contribution in [3.8, 4) is 11.4 Å². The number of ether oxygens (including phenoxy) is 1. The Labute approximate surface area is 189 Å². The smallest absolute Gasteiger partial charge is 0.253 e. The van der Waals surface area contributed by atoms with Crippen LogP contribution in [-0.4, -0.2) is 31.3 Å². The molecule has 0 amide bonds. The van der Waals surface area contributed by atoms with E-state index in [1.54, 1.807) is 24.5 Å². The zero-order valence-electron chi connectivity index (χ0n) is 17.6. The second kappa shape index (κ2) is 8.72. The fourth-order valence-electron chi connectivity index (χ4n) is 4.02. The summed E-state index contributed by atoms with van der Waals surface area (Å²) in [4.78, 5) is 24.6. The quantitative estimate of drug-likeness (QED) is 0.457.